The summed E-state index contributed by atoms with van der Waals surface area (Å²) < 4.78 is 0. The predicted molar refractivity (Wildman–Crippen MR) is 71.1 cm³/mol. The number of aliphatic hydroxyl groups excluding tert-OH is 1. The van der Waals surface area contributed by atoms with Crippen LogP contribution in [0, 0.1) is 5.41 Å². The zero-order valence-electron chi connectivity index (χ0n) is 11.2. The van der Waals surface area contributed by atoms with E-state index < -0.39 is 0 Å². The van der Waals surface area contributed by atoms with Crippen LogP contribution in [0.25, 0.3) is 0 Å². The van der Waals surface area contributed by atoms with E-state index >= 15 is 0 Å². The maximum Gasteiger partial charge on any atom is 0.0499 e. The molecule has 1 aliphatic carbocycles. The Morgan fingerprint density at radius 2 is 2.00 bits per heavy atom. The van der Waals surface area contributed by atoms with Crippen molar-refractivity contribution in [2.45, 2.75) is 51.0 Å². The molecule has 1 saturated carbocycles. The van der Waals surface area contributed by atoms with Gasteiger partial charge in [-0.15, -0.1) is 0 Å². The Bertz CT molecular complexity index is 226. The molecule has 0 aromatic carbocycles. The number of piperidine rings is 1. The van der Waals surface area contributed by atoms with Crippen LogP contribution in [-0.4, -0.2) is 49.3 Å². The number of hydrogen-bond donors (Lipinski definition) is 2. The number of likely N-dealkylation sites (N-methyl/N-ethyl adjacent to an activating group) is 1. The number of nitrogens with one attached hydrogen (secondary N) is 1. The summed E-state index contributed by atoms with van der Waals surface area (Å²) in [4.78, 5) is 2.48. The molecule has 0 aromatic rings. The smallest absolute Gasteiger partial charge is 0.0499 e. The molecule has 0 bridgehead atoms. The Balaban J connectivity index is 1.71. The first-order valence-corrected chi connectivity index (χ1v) is 7.28. The van der Waals surface area contributed by atoms with Crippen molar-refractivity contribution in [2.75, 3.05) is 33.3 Å². The molecular weight excluding hydrogens is 212 g/mol. The highest BCUT2D eigenvalue weighted by Crippen LogP contribution is 2.36. The second-order valence-corrected chi connectivity index (χ2v) is 6.13. The van der Waals surface area contributed by atoms with Crippen LogP contribution < -0.4 is 5.32 Å². The minimum Gasteiger partial charge on any atom is -0.396 e. The summed E-state index contributed by atoms with van der Waals surface area (Å²) in [6.07, 6.45) is 9.07. The van der Waals surface area contributed by atoms with E-state index in [1.807, 2.05) is 0 Å². The van der Waals surface area contributed by atoms with Crippen molar-refractivity contribution in [1.82, 2.24) is 10.2 Å². The number of hydrogen-bond acceptors (Lipinski definition) is 3. The van der Waals surface area contributed by atoms with Gasteiger partial charge >= 0.3 is 0 Å². The van der Waals surface area contributed by atoms with Crippen LogP contribution in [-0.2, 0) is 0 Å². The summed E-state index contributed by atoms with van der Waals surface area (Å²) in [5.41, 5.74) is 0.202. The largest absolute Gasteiger partial charge is 0.396 e. The van der Waals surface area contributed by atoms with E-state index in [0.29, 0.717) is 12.6 Å². The van der Waals surface area contributed by atoms with Gasteiger partial charge in [0.2, 0.25) is 0 Å². The van der Waals surface area contributed by atoms with Crippen molar-refractivity contribution in [2.24, 2.45) is 5.41 Å². The molecule has 2 fully saturated rings. The lowest BCUT2D eigenvalue weighted by Gasteiger charge is -2.34. The van der Waals surface area contributed by atoms with Gasteiger partial charge in [-0.25, -0.2) is 0 Å². The highest BCUT2D eigenvalue weighted by Gasteiger charge is 2.33. The summed E-state index contributed by atoms with van der Waals surface area (Å²) in [5, 5.41) is 13.2. The second kappa shape index (κ2) is 6.17. The summed E-state index contributed by atoms with van der Waals surface area (Å²) in [5.74, 6) is 0. The van der Waals surface area contributed by atoms with Crippen molar-refractivity contribution >= 4 is 0 Å². The summed E-state index contributed by atoms with van der Waals surface area (Å²) >= 11 is 0. The molecule has 0 radical (unpaired) electrons. The molecule has 1 saturated heterocycles. The lowest BCUT2D eigenvalue weighted by Crippen LogP contribution is -2.45. The molecule has 1 atom stereocenters. The summed E-state index contributed by atoms with van der Waals surface area (Å²) in [6.45, 7) is 3.71. The molecule has 17 heavy (non-hydrogen) atoms. The van der Waals surface area contributed by atoms with Crippen LogP contribution in [0.3, 0.4) is 0 Å². The van der Waals surface area contributed by atoms with Crippen LogP contribution in [0.5, 0.6) is 0 Å². The summed E-state index contributed by atoms with van der Waals surface area (Å²) in [7, 11) is 2.24. The highest BCUT2D eigenvalue weighted by molar-refractivity contribution is 4.87. The molecule has 1 aliphatic heterocycles. The van der Waals surface area contributed by atoms with E-state index in [9.17, 15) is 5.11 Å². The fourth-order valence-corrected chi connectivity index (χ4v) is 3.42. The van der Waals surface area contributed by atoms with E-state index in [1.165, 1.54) is 51.5 Å². The molecule has 0 spiro atoms. The third-order valence-corrected chi connectivity index (χ3v) is 4.80. The zero-order chi connectivity index (χ0) is 12.1. The second-order valence-electron chi connectivity index (χ2n) is 6.13. The van der Waals surface area contributed by atoms with Gasteiger partial charge in [0, 0.05) is 31.2 Å². The first-order valence-electron chi connectivity index (χ1n) is 7.28. The number of nitrogens with zero attached hydrogens (tertiary/aromatic N) is 1. The topological polar surface area (TPSA) is 35.5 Å². The first-order chi connectivity index (χ1) is 8.26. The molecule has 100 valence electrons. The van der Waals surface area contributed by atoms with Gasteiger partial charge in [0.05, 0.1) is 0 Å². The van der Waals surface area contributed by atoms with E-state index in [4.69, 9.17) is 0 Å². The monoisotopic (exact) mass is 240 g/mol. The fraction of sp³-hybridized carbons (Fsp3) is 1.00. The molecule has 2 rings (SSSR count). The van der Waals surface area contributed by atoms with Gasteiger partial charge in [-0.3, -0.25) is 0 Å². The fourth-order valence-electron chi connectivity index (χ4n) is 3.42. The first kappa shape index (κ1) is 13.3. The molecule has 3 nitrogen and oxygen atoms in total. The van der Waals surface area contributed by atoms with Gasteiger partial charge in [-0.05, 0) is 39.3 Å². The van der Waals surface area contributed by atoms with Crippen LogP contribution in [0.15, 0.2) is 0 Å². The lowest BCUT2D eigenvalue weighted by atomic mass is 9.87. The molecule has 2 aliphatic rings. The predicted octanol–water partition coefficient (Wildman–Crippen LogP) is 1.61. The van der Waals surface area contributed by atoms with Crippen LogP contribution in [0.1, 0.15) is 44.9 Å². The average molecular weight is 240 g/mol. The Labute approximate surface area is 106 Å². The maximum absolute atomic E-state index is 9.56. The van der Waals surface area contributed by atoms with E-state index in [0.717, 1.165) is 13.1 Å². The van der Waals surface area contributed by atoms with Crippen molar-refractivity contribution in [1.29, 1.82) is 0 Å². The average Bonchev–Trinajstić information content (AvgIpc) is 2.81. The van der Waals surface area contributed by atoms with Crippen LogP contribution in [0.2, 0.25) is 0 Å². The molecule has 0 amide bonds. The van der Waals surface area contributed by atoms with Gasteiger partial charge in [0.15, 0.2) is 0 Å². The standard InChI is InChI=1S/C14H28N2O/c1-16-9-5-2-6-13(16)10-15-11-14(12-17)7-3-4-8-14/h13,15,17H,2-12H2,1H3. The van der Waals surface area contributed by atoms with Gasteiger partial charge in [-0.2, -0.15) is 0 Å². The number of aliphatic hydroxyl groups is 1. The van der Waals surface area contributed by atoms with E-state index in [-0.39, 0.29) is 5.41 Å². The Kier molecular flexibility index (Phi) is 4.83. The Hall–Kier alpha value is -0.120. The highest BCUT2D eigenvalue weighted by atomic mass is 16.3. The third kappa shape index (κ3) is 3.43. The third-order valence-electron chi connectivity index (χ3n) is 4.80. The molecule has 1 heterocycles. The molecule has 1 unspecified atom stereocenters. The van der Waals surface area contributed by atoms with Gasteiger partial charge < -0.3 is 15.3 Å². The molecular formula is C14H28N2O. The van der Waals surface area contributed by atoms with Gasteiger partial charge in [-0.1, -0.05) is 19.3 Å². The van der Waals surface area contributed by atoms with Gasteiger partial charge in [0.1, 0.15) is 0 Å². The number of rotatable bonds is 5. The molecule has 3 heteroatoms. The van der Waals surface area contributed by atoms with Crippen molar-refractivity contribution in [3.8, 4) is 0 Å². The molecule has 0 aromatic heterocycles. The zero-order valence-corrected chi connectivity index (χ0v) is 11.2. The minimum absolute atomic E-state index is 0.202. The van der Waals surface area contributed by atoms with Crippen molar-refractivity contribution in [3.63, 3.8) is 0 Å². The Morgan fingerprint density at radius 1 is 1.24 bits per heavy atom. The maximum atomic E-state index is 9.56. The summed E-state index contributed by atoms with van der Waals surface area (Å²) in [6, 6.07) is 0.709. The van der Waals surface area contributed by atoms with E-state index in [2.05, 4.69) is 17.3 Å². The SMILES string of the molecule is CN1CCCCC1CNCC1(CO)CCCC1. The quantitative estimate of drug-likeness (QED) is 0.766. The van der Waals surface area contributed by atoms with E-state index in [1.54, 1.807) is 0 Å². The van der Waals surface area contributed by atoms with Crippen molar-refractivity contribution in [3.05, 3.63) is 0 Å². The lowest BCUT2D eigenvalue weighted by molar-refractivity contribution is 0.120. The Morgan fingerprint density at radius 3 is 2.65 bits per heavy atom. The van der Waals surface area contributed by atoms with Gasteiger partial charge in [0.25, 0.3) is 0 Å². The van der Waals surface area contributed by atoms with Crippen molar-refractivity contribution < 1.29 is 5.11 Å². The minimum atomic E-state index is 0.202. The number of likely N-dealkylation sites (tertiary alicyclic amines) is 1. The van der Waals surface area contributed by atoms with Crippen LogP contribution >= 0.6 is 0 Å². The normalized spacial score (nSPS) is 29.6. The molecule has 2 N–H and O–H groups in total. The van der Waals surface area contributed by atoms with Crippen LogP contribution in [0.4, 0.5) is 0 Å².